The van der Waals surface area contributed by atoms with Crippen molar-refractivity contribution >= 4 is 5.97 Å². The number of nitrogens with one attached hydrogen (secondary N) is 1. The number of carboxylic acid groups (broad SMARTS) is 1. The summed E-state index contributed by atoms with van der Waals surface area (Å²) in [6.07, 6.45) is 4.26. The topological polar surface area (TPSA) is 44.6 Å². The highest BCUT2D eigenvalue weighted by molar-refractivity contribution is 5.60. The second-order valence-corrected chi connectivity index (χ2v) is 4.17. The molecule has 1 saturated heterocycles. The van der Waals surface area contributed by atoms with Crippen LogP contribution in [0.3, 0.4) is 0 Å². The van der Waals surface area contributed by atoms with Crippen molar-refractivity contribution in [2.75, 3.05) is 19.6 Å². The molecule has 84 valence electrons. The van der Waals surface area contributed by atoms with Gasteiger partial charge in [0.1, 0.15) is 0 Å². The van der Waals surface area contributed by atoms with Crippen LogP contribution in [-0.2, 0) is 4.79 Å². The van der Waals surface area contributed by atoms with Gasteiger partial charge in [-0.3, -0.25) is 0 Å². The van der Waals surface area contributed by atoms with Gasteiger partial charge in [-0.05, 0) is 32.1 Å². The van der Waals surface area contributed by atoms with Crippen LogP contribution >= 0.6 is 0 Å². The summed E-state index contributed by atoms with van der Waals surface area (Å²) in [5.74, 6) is -0.0828. The Labute approximate surface area is 87.1 Å². The number of rotatable bonds is 2. The van der Waals surface area contributed by atoms with Crippen molar-refractivity contribution in [2.24, 2.45) is 5.92 Å². The van der Waals surface area contributed by atoms with Crippen LogP contribution in [0.1, 0.15) is 40.0 Å². The molecule has 14 heavy (non-hydrogen) atoms. The molecular weight excluding hydrogens is 178 g/mol. The molecule has 0 saturated carbocycles. The molecule has 0 aromatic heterocycles. The van der Waals surface area contributed by atoms with Crippen LogP contribution in [0, 0.1) is 5.92 Å². The van der Waals surface area contributed by atoms with Gasteiger partial charge in [-0.15, -0.1) is 0 Å². The smallest absolute Gasteiger partial charge is 0.0773 e. The molecule has 0 bridgehead atoms. The first-order valence-electron chi connectivity index (χ1n) is 5.57. The number of carbonyl (C=O) groups excluding carboxylic acids is 1. The number of carboxylic acids is 1. The SMILES string of the molecule is CC(=O)[O-].CCC[NH+]1CCC(C)CC1. The zero-order chi connectivity index (χ0) is 11.0. The Morgan fingerprint density at radius 3 is 2.21 bits per heavy atom. The molecule has 1 N–H and O–H groups in total. The molecule has 0 amide bonds. The Kier molecular flexibility index (Phi) is 7.48. The molecular formula is C11H23NO2. The molecule has 0 aliphatic carbocycles. The number of likely N-dealkylation sites (tertiary alicyclic amines) is 1. The van der Waals surface area contributed by atoms with Gasteiger partial charge >= 0.3 is 0 Å². The summed E-state index contributed by atoms with van der Waals surface area (Å²) < 4.78 is 0. The van der Waals surface area contributed by atoms with E-state index in [1.165, 1.54) is 38.9 Å². The number of piperidine rings is 1. The maximum absolute atomic E-state index is 8.89. The first-order chi connectivity index (χ1) is 6.56. The average Bonchev–Trinajstić information content (AvgIpc) is 2.08. The number of hydrogen-bond donors (Lipinski definition) is 1. The molecule has 0 aromatic carbocycles. The summed E-state index contributed by atoms with van der Waals surface area (Å²) in [6.45, 7) is 9.88. The number of carbonyl (C=O) groups is 1. The quantitative estimate of drug-likeness (QED) is 0.652. The van der Waals surface area contributed by atoms with Crippen LogP contribution in [0.2, 0.25) is 0 Å². The van der Waals surface area contributed by atoms with Gasteiger partial charge in [0, 0.05) is 5.97 Å². The lowest BCUT2D eigenvalue weighted by atomic mass is 9.99. The van der Waals surface area contributed by atoms with Crippen molar-refractivity contribution in [2.45, 2.75) is 40.0 Å². The first-order valence-corrected chi connectivity index (χ1v) is 5.57. The molecule has 1 fully saturated rings. The Morgan fingerprint density at radius 1 is 1.43 bits per heavy atom. The van der Waals surface area contributed by atoms with Crippen molar-refractivity contribution in [1.82, 2.24) is 0 Å². The fraction of sp³-hybridized carbons (Fsp3) is 0.909. The highest BCUT2D eigenvalue weighted by Crippen LogP contribution is 2.06. The van der Waals surface area contributed by atoms with Gasteiger partial charge in [0.05, 0.1) is 19.6 Å². The fourth-order valence-corrected chi connectivity index (χ4v) is 1.77. The maximum Gasteiger partial charge on any atom is 0.0773 e. The molecule has 1 aliphatic rings. The van der Waals surface area contributed by atoms with Gasteiger partial charge in [-0.1, -0.05) is 13.8 Å². The Bertz CT molecular complexity index is 147. The molecule has 1 rings (SSSR count). The van der Waals surface area contributed by atoms with Crippen molar-refractivity contribution in [3.63, 3.8) is 0 Å². The summed E-state index contributed by atoms with van der Waals surface area (Å²) in [6, 6.07) is 0. The minimum absolute atomic E-state index is 0.972. The summed E-state index contributed by atoms with van der Waals surface area (Å²) in [5, 5.41) is 8.89. The van der Waals surface area contributed by atoms with E-state index < -0.39 is 5.97 Å². The van der Waals surface area contributed by atoms with Gasteiger partial charge in [0.15, 0.2) is 0 Å². The van der Waals surface area contributed by atoms with Crippen LogP contribution in [0.4, 0.5) is 0 Å². The van der Waals surface area contributed by atoms with Crippen LogP contribution in [0.15, 0.2) is 0 Å². The van der Waals surface area contributed by atoms with Crippen molar-refractivity contribution < 1.29 is 14.8 Å². The Morgan fingerprint density at radius 2 is 1.86 bits per heavy atom. The average molecular weight is 201 g/mol. The van der Waals surface area contributed by atoms with Gasteiger partial charge in [-0.2, -0.15) is 0 Å². The summed E-state index contributed by atoms with van der Waals surface area (Å²) >= 11 is 0. The Balaban J connectivity index is 0.000000364. The zero-order valence-corrected chi connectivity index (χ0v) is 9.64. The van der Waals surface area contributed by atoms with Crippen molar-refractivity contribution in [3.8, 4) is 0 Å². The third-order valence-electron chi connectivity index (χ3n) is 2.58. The van der Waals surface area contributed by atoms with E-state index in [1.807, 2.05) is 4.90 Å². The Hall–Kier alpha value is -0.570. The lowest BCUT2D eigenvalue weighted by Gasteiger charge is -2.26. The molecule has 0 spiro atoms. The van der Waals surface area contributed by atoms with Gasteiger partial charge in [0.2, 0.25) is 0 Å². The third kappa shape index (κ3) is 8.05. The predicted octanol–water partition coefficient (Wildman–Crippen LogP) is -0.533. The van der Waals surface area contributed by atoms with E-state index >= 15 is 0 Å². The van der Waals surface area contributed by atoms with Crippen molar-refractivity contribution in [3.05, 3.63) is 0 Å². The molecule has 1 aliphatic heterocycles. The summed E-state index contributed by atoms with van der Waals surface area (Å²) in [7, 11) is 0. The van der Waals surface area contributed by atoms with E-state index in [0.717, 1.165) is 12.8 Å². The van der Waals surface area contributed by atoms with E-state index in [1.54, 1.807) is 0 Å². The third-order valence-corrected chi connectivity index (χ3v) is 2.58. The fourth-order valence-electron chi connectivity index (χ4n) is 1.77. The highest BCUT2D eigenvalue weighted by Gasteiger charge is 2.16. The largest absolute Gasteiger partial charge is 0.550 e. The van der Waals surface area contributed by atoms with E-state index in [2.05, 4.69) is 13.8 Å². The molecule has 3 heteroatoms. The van der Waals surface area contributed by atoms with Crippen LogP contribution < -0.4 is 10.0 Å². The molecule has 0 aromatic rings. The molecule has 0 unspecified atom stereocenters. The van der Waals surface area contributed by atoms with Crippen molar-refractivity contribution in [1.29, 1.82) is 0 Å². The van der Waals surface area contributed by atoms with E-state index in [4.69, 9.17) is 9.90 Å². The second-order valence-electron chi connectivity index (χ2n) is 4.17. The molecule has 0 atom stereocenters. The standard InChI is InChI=1S/C9H19N.C2H4O2/c1-3-6-10-7-4-9(2)5-8-10;1-2(3)4/h9H,3-8H2,1-2H3;1H3,(H,3,4). The monoisotopic (exact) mass is 201 g/mol. The number of hydrogen-bond acceptors (Lipinski definition) is 2. The molecule has 3 nitrogen and oxygen atoms in total. The second kappa shape index (κ2) is 7.80. The van der Waals surface area contributed by atoms with Gasteiger partial charge in [-0.25, -0.2) is 0 Å². The molecule has 0 radical (unpaired) electrons. The highest BCUT2D eigenvalue weighted by atomic mass is 16.4. The van der Waals surface area contributed by atoms with E-state index in [-0.39, 0.29) is 0 Å². The summed E-state index contributed by atoms with van der Waals surface area (Å²) in [5.41, 5.74) is 0. The first kappa shape index (κ1) is 13.4. The van der Waals surface area contributed by atoms with Crippen LogP contribution in [-0.4, -0.2) is 25.6 Å². The van der Waals surface area contributed by atoms with Crippen LogP contribution in [0.25, 0.3) is 0 Å². The number of quaternary nitrogens is 1. The lowest BCUT2D eigenvalue weighted by molar-refractivity contribution is -0.906. The normalized spacial score (nSPS) is 26.2. The summed E-state index contributed by atoms with van der Waals surface area (Å²) in [4.78, 5) is 10.7. The minimum Gasteiger partial charge on any atom is -0.550 e. The lowest BCUT2D eigenvalue weighted by Crippen LogP contribution is -3.13. The minimum atomic E-state index is -1.08. The van der Waals surface area contributed by atoms with Crippen LogP contribution in [0.5, 0.6) is 0 Å². The predicted molar refractivity (Wildman–Crippen MR) is 54.9 cm³/mol. The zero-order valence-electron chi connectivity index (χ0n) is 9.64. The van der Waals surface area contributed by atoms with E-state index in [9.17, 15) is 0 Å². The van der Waals surface area contributed by atoms with Gasteiger partial charge < -0.3 is 14.8 Å². The van der Waals surface area contributed by atoms with Gasteiger partial charge in [0.25, 0.3) is 0 Å². The van der Waals surface area contributed by atoms with E-state index in [0.29, 0.717) is 0 Å². The number of aliphatic carboxylic acids is 1. The molecule has 1 heterocycles. The maximum atomic E-state index is 8.89.